The summed E-state index contributed by atoms with van der Waals surface area (Å²) < 4.78 is 14.7. The summed E-state index contributed by atoms with van der Waals surface area (Å²) >= 11 is 0. The molecule has 0 saturated heterocycles. The molecule has 1 unspecified atom stereocenters. The molecule has 2 aromatic rings. The predicted molar refractivity (Wildman–Crippen MR) is 205 cm³/mol. The van der Waals surface area contributed by atoms with Gasteiger partial charge in [-0.3, -0.25) is 9.59 Å². The Hall–Kier alpha value is -2.11. The van der Waals surface area contributed by atoms with E-state index in [1.54, 1.807) is 6.07 Å². The normalized spacial score (nSPS) is 12.5. The van der Waals surface area contributed by atoms with Crippen molar-refractivity contribution < 1.29 is 25.1 Å². The van der Waals surface area contributed by atoms with Crippen LogP contribution in [0.2, 0.25) is 0 Å². The highest BCUT2D eigenvalue weighted by atomic mass is 31.1. The van der Waals surface area contributed by atoms with E-state index < -0.39 is 8.15 Å². The third kappa shape index (κ3) is 23.3. The zero-order valence-corrected chi connectivity index (χ0v) is 31.6. The Morgan fingerprint density at radius 3 is 1.83 bits per heavy atom. The molecule has 270 valence electrons. The maximum absolute atomic E-state index is 12.3. The molecule has 0 aliphatic heterocycles. The van der Waals surface area contributed by atoms with E-state index in [9.17, 15) is 14.5 Å². The van der Waals surface area contributed by atoms with Crippen LogP contribution in [0, 0.1) is 0 Å². The summed E-state index contributed by atoms with van der Waals surface area (Å²) in [6.07, 6.45) is 23.9. The van der Waals surface area contributed by atoms with Crippen LogP contribution in [0.25, 0.3) is 0 Å². The minimum Gasteiger partial charge on any atom is -0.377 e. The molecular formula is C41H68N2O4P+. The van der Waals surface area contributed by atoms with E-state index in [4.69, 9.17) is 6.11 Å². The Kier molecular flexibility index (Phi) is 22.4. The lowest BCUT2D eigenvalue weighted by atomic mass is 10.0. The van der Waals surface area contributed by atoms with E-state index in [-0.39, 0.29) is 11.4 Å². The van der Waals surface area contributed by atoms with Gasteiger partial charge in [0.15, 0.2) is 0 Å². The summed E-state index contributed by atoms with van der Waals surface area (Å²) in [6, 6.07) is 16.4. The van der Waals surface area contributed by atoms with Gasteiger partial charge in [-0.25, -0.2) is 0 Å². The average molecular weight is 685 g/mol. The van der Waals surface area contributed by atoms with Crippen LogP contribution in [-0.2, 0) is 27.4 Å². The van der Waals surface area contributed by atoms with Gasteiger partial charge in [0, 0.05) is 18.7 Å². The number of ether oxygens (including phenoxy) is 1. The Bertz CT molecular complexity index is 1160. The second-order valence-electron chi connectivity index (χ2n) is 14.5. The van der Waals surface area contributed by atoms with E-state index in [0.29, 0.717) is 48.6 Å². The third-order valence-corrected chi connectivity index (χ3v) is 10.1. The van der Waals surface area contributed by atoms with Crippen molar-refractivity contribution in [3.05, 3.63) is 65.7 Å². The molecule has 1 amide bonds. The van der Waals surface area contributed by atoms with Gasteiger partial charge in [-0.2, -0.15) is 0 Å². The molecule has 0 fully saturated rings. The molecule has 0 saturated carbocycles. The summed E-state index contributed by atoms with van der Waals surface area (Å²) in [7, 11) is 4.53. The van der Waals surface area contributed by atoms with Crippen LogP contribution in [0.15, 0.2) is 54.6 Å². The molecule has 0 aliphatic carbocycles. The van der Waals surface area contributed by atoms with Crippen molar-refractivity contribution in [2.24, 2.45) is 0 Å². The number of hydrogen-bond acceptors (Lipinski definition) is 4. The average Bonchev–Trinajstić information content (AvgIpc) is 3.06. The van der Waals surface area contributed by atoms with E-state index in [1.165, 1.54) is 83.5 Å². The number of quaternary nitrogens is 1. The molecule has 2 N–H and O–H groups in total. The number of anilines is 1. The standard InChI is InChI=1S/C41H67N2O4P/c1-43(2,3)35-41(45)48(46)34-24-17-15-13-11-9-7-5-4-6-8-10-12-14-16-19-25-37-29-31-39(32-30-37)42-40(44)28-22-23-33-47-36-38-26-20-18-21-27-38/h18,20-21,26-27,29-32,46H,4-17,19,22-25,28,33-36H2,1-3H3/p+1/i29D. The maximum atomic E-state index is 12.3. The summed E-state index contributed by atoms with van der Waals surface area (Å²) in [4.78, 5) is 34.5. The number of carbonyl (C=O) groups excluding carboxylic acids is 2. The molecule has 6 nitrogen and oxygen atoms in total. The fourth-order valence-corrected chi connectivity index (χ4v) is 7.19. The van der Waals surface area contributed by atoms with Gasteiger partial charge in [-0.15, -0.1) is 0 Å². The first kappa shape index (κ1) is 40.3. The number of rotatable bonds is 30. The van der Waals surface area contributed by atoms with Crippen LogP contribution < -0.4 is 5.32 Å². The van der Waals surface area contributed by atoms with Crippen LogP contribution in [0.4, 0.5) is 5.69 Å². The van der Waals surface area contributed by atoms with Gasteiger partial charge in [0.25, 0.3) is 0 Å². The molecule has 1 atom stereocenters. The molecule has 2 rings (SSSR count). The van der Waals surface area contributed by atoms with Gasteiger partial charge in [0.2, 0.25) is 11.4 Å². The van der Waals surface area contributed by atoms with Gasteiger partial charge in [-0.1, -0.05) is 132 Å². The lowest BCUT2D eigenvalue weighted by Crippen LogP contribution is -2.39. The number of hydrogen-bond donors (Lipinski definition) is 2. The molecule has 48 heavy (non-hydrogen) atoms. The Morgan fingerprint density at radius 1 is 0.708 bits per heavy atom. The van der Waals surface area contributed by atoms with E-state index >= 15 is 0 Å². The zero-order valence-electron chi connectivity index (χ0n) is 31.7. The third-order valence-electron chi connectivity index (χ3n) is 8.68. The number of amides is 1. The SMILES string of the molecule is [2H]c1cc(NC(=O)CCCCOCc2ccccc2)ccc1CCCCCCCCCCCCCCCCCCP(O)C(=O)C[N+](C)(C)C. The van der Waals surface area contributed by atoms with Crippen LogP contribution >= 0.6 is 8.15 Å². The zero-order chi connectivity index (χ0) is 35.6. The maximum Gasteiger partial charge on any atom is 0.234 e. The van der Waals surface area contributed by atoms with Crippen molar-refractivity contribution in [2.75, 3.05) is 45.8 Å². The fourth-order valence-electron chi connectivity index (χ4n) is 5.83. The van der Waals surface area contributed by atoms with Crippen molar-refractivity contribution in [2.45, 2.75) is 135 Å². The number of nitrogens with zero attached hydrogens (tertiary/aromatic N) is 1. The minimum atomic E-state index is -1.44. The Balaban J connectivity index is 1.35. The number of likely N-dealkylation sites (N-methyl/N-ethyl adjacent to an activating group) is 1. The molecule has 0 spiro atoms. The lowest BCUT2D eigenvalue weighted by molar-refractivity contribution is -0.861. The van der Waals surface area contributed by atoms with Crippen molar-refractivity contribution in [3.63, 3.8) is 0 Å². The summed E-state index contributed by atoms with van der Waals surface area (Å²) in [5.41, 5.74) is 2.98. The van der Waals surface area contributed by atoms with Crippen LogP contribution in [0.3, 0.4) is 0 Å². The van der Waals surface area contributed by atoms with Gasteiger partial charge in [-0.05, 0) is 61.5 Å². The molecule has 0 radical (unpaired) electrons. The van der Waals surface area contributed by atoms with E-state index in [2.05, 4.69) is 17.4 Å². The molecule has 2 aromatic carbocycles. The van der Waals surface area contributed by atoms with E-state index in [1.807, 2.05) is 51.5 Å². The first-order valence-electron chi connectivity index (χ1n) is 19.4. The Morgan fingerprint density at radius 2 is 1.27 bits per heavy atom. The van der Waals surface area contributed by atoms with Crippen molar-refractivity contribution in [1.29, 1.82) is 0 Å². The highest BCUT2D eigenvalue weighted by Crippen LogP contribution is 2.33. The second-order valence-corrected chi connectivity index (χ2v) is 16.3. The number of nitrogens with one attached hydrogen (secondary N) is 1. The van der Waals surface area contributed by atoms with Crippen molar-refractivity contribution in [3.8, 4) is 0 Å². The summed E-state index contributed by atoms with van der Waals surface area (Å²) in [6.45, 7) is 1.68. The number of benzene rings is 2. The van der Waals surface area contributed by atoms with Gasteiger partial charge in [0.05, 0.1) is 29.1 Å². The molecule has 7 heteroatoms. The predicted octanol–water partition coefficient (Wildman–Crippen LogP) is 10.4. The largest absolute Gasteiger partial charge is 0.377 e. The number of aryl methyl sites for hydroxylation is 1. The smallest absolute Gasteiger partial charge is 0.234 e. The van der Waals surface area contributed by atoms with Crippen LogP contribution in [0.5, 0.6) is 0 Å². The van der Waals surface area contributed by atoms with Crippen LogP contribution in [-0.4, -0.2) is 61.3 Å². The Labute approximate surface area is 296 Å². The highest BCUT2D eigenvalue weighted by Gasteiger charge is 2.21. The number of carbonyl (C=O) groups is 2. The first-order chi connectivity index (χ1) is 23.6. The molecule has 0 bridgehead atoms. The van der Waals surface area contributed by atoms with Crippen molar-refractivity contribution in [1.82, 2.24) is 0 Å². The molecule has 0 aromatic heterocycles. The molecule has 0 heterocycles. The molecule has 0 aliphatic rings. The van der Waals surface area contributed by atoms with Gasteiger partial charge in [0.1, 0.15) is 14.7 Å². The first-order valence-corrected chi connectivity index (χ1v) is 20.4. The number of unbranched alkanes of at least 4 members (excludes halogenated alkanes) is 16. The summed E-state index contributed by atoms with van der Waals surface area (Å²) in [5.74, 6) is -0.00524. The van der Waals surface area contributed by atoms with Crippen LogP contribution in [0.1, 0.15) is 134 Å². The fraction of sp³-hybridized carbons (Fsp3) is 0.659. The van der Waals surface area contributed by atoms with E-state index in [0.717, 1.165) is 49.7 Å². The van der Waals surface area contributed by atoms with Crippen molar-refractivity contribution >= 4 is 25.3 Å². The lowest BCUT2D eigenvalue weighted by Gasteiger charge is -2.23. The minimum absolute atomic E-state index is 0.00524. The molecular weight excluding hydrogens is 615 g/mol. The quantitative estimate of drug-likeness (QED) is 0.0488. The highest BCUT2D eigenvalue weighted by molar-refractivity contribution is 7.69. The summed E-state index contributed by atoms with van der Waals surface area (Å²) in [5, 5.41) is 2.95. The van der Waals surface area contributed by atoms with Gasteiger partial charge >= 0.3 is 0 Å². The second kappa shape index (κ2) is 26.7. The topological polar surface area (TPSA) is 75.6 Å². The monoisotopic (exact) mass is 684 g/mol. The van der Waals surface area contributed by atoms with Gasteiger partial charge < -0.3 is 19.4 Å².